The number of nitriles is 1. The van der Waals surface area contributed by atoms with Crippen molar-refractivity contribution in [1.82, 2.24) is 4.98 Å². The number of aromatic nitrogens is 1. The summed E-state index contributed by atoms with van der Waals surface area (Å²) in [6, 6.07) is 6.38. The number of hydrogen-bond donors (Lipinski definition) is 1. The predicted octanol–water partition coefficient (Wildman–Crippen LogP) is 1.83. The Kier molecular flexibility index (Phi) is 1.79. The standard InChI is InChI=1S/C10H6FN3/c11-8-3-1-2-7-9(13)6(4-12)5-14-10(7)8/h1-3,5H,(H2,13,14). The predicted molar refractivity (Wildman–Crippen MR) is 50.8 cm³/mol. The molecule has 14 heavy (non-hydrogen) atoms. The summed E-state index contributed by atoms with van der Waals surface area (Å²) in [5, 5.41) is 9.16. The van der Waals surface area contributed by atoms with Gasteiger partial charge in [-0.3, -0.25) is 4.98 Å². The Labute approximate surface area is 79.6 Å². The summed E-state index contributed by atoms with van der Waals surface area (Å²) in [6.45, 7) is 0. The highest BCUT2D eigenvalue weighted by atomic mass is 19.1. The van der Waals surface area contributed by atoms with Crippen LogP contribution in [0.5, 0.6) is 0 Å². The van der Waals surface area contributed by atoms with E-state index < -0.39 is 5.82 Å². The third-order valence-electron chi connectivity index (χ3n) is 2.01. The van der Waals surface area contributed by atoms with Gasteiger partial charge in [-0.15, -0.1) is 0 Å². The zero-order chi connectivity index (χ0) is 10.1. The van der Waals surface area contributed by atoms with Crippen LogP contribution in [0.3, 0.4) is 0 Å². The average molecular weight is 187 g/mol. The Balaban J connectivity index is 2.92. The first-order valence-electron chi connectivity index (χ1n) is 3.97. The molecule has 4 heteroatoms. The number of hydrogen-bond acceptors (Lipinski definition) is 3. The van der Waals surface area contributed by atoms with Crippen molar-refractivity contribution in [2.45, 2.75) is 0 Å². The average Bonchev–Trinajstić information content (AvgIpc) is 2.20. The summed E-state index contributed by atoms with van der Waals surface area (Å²) < 4.78 is 13.2. The fraction of sp³-hybridized carbons (Fsp3) is 0. The number of rotatable bonds is 0. The number of nitrogens with two attached hydrogens (primary N) is 1. The van der Waals surface area contributed by atoms with Crippen LogP contribution >= 0.6 is 0 Å². The molecule has 1 heterocycles. The van der Waals surface area contributed by atoms with E-state index in [4.69, 9.17) is 11.0 Å². The first-order chi connectivity index (χ1) is 6.74. The number of nitrogen functional groups attached to an aromatic ring is 1. The van der Waals surface area contributed by atoms with Crippen molar-refractivity contribution in [1.29, 1.82) is 5.26 Å². The van der Waals surface area contributed by atoms with E-state index in [0.29, 0.717) is 5.39 Å². The lowest BCUT2D eigenvalue weighted by atomic mass is 10.1. The monoisotopic (exact) mass is 187 g/mol. The van der Waals surface area contributed by atoms with Crippen LogP contribution in [0, 0.1) is 17.1 Å². The second kappa shape index (κ2) is 2.96. The zero-order valence-corrected chi connectivity index (χ0v) is 7.16. The number of nitrogens with zero attached hydrogens (tertiary/aromatic N) is 2. The molecular formula is C10H6FN3. The van der Waals surface area contributed by atoms with Crippen LogP contribution in [0.15, 0.2) is 24.4 Å². The van der Waals surface area contributed by atoms with Crippen molar-refractivity contribution in [2.75, 3.05) is 5.73 Å². The first kappa shape index (κ1) is 8.45. The molecule has 0 saturated heterocycles. The molecule has 3 nitrogen and oxygen atoms in total. The van der Waals surface area contributed by atoms with Gasteiger partial charge in [-0.1, -0.05) is 12.1 Å². The highest BCUT2D eigenvalue weighted by Gasteiger charge is 2.07. The zero-order valence-electron chi connectivity index (χ0n) is 7.16. The van der Waals surface area contributed by atoms with Gasteiger partial charge in [0.05, 0.1) is 11.3 Å². The van der Waals surface area contributed by atoms with Crippen molar-refractivity contribution in [3.8, 4) is 6.07 Å². The Morgan fingerprint density at radius 2 is 2.21 bits per heavy atom. The molecule has 0 bridgehead atoms. The fourth-order valence-corrected chi connectivity index (χ4v) is 1.30. The van der Waals surface area contributed by atoms with Crippen molar-refractivity contribution >= 4 is 16.6 Å². The highest BCUT2D eigenvalue weighted by molar-refractivity contribution is 5.92. The lowest BCUT2D eigenvalue weighted by Crippen LogP contribution is -1.95. The van der Waals surface area contributed by atoms with E-state index in [2.05, 4.69) is 4.98 Å². The molecule has 0 unspecified atom stereocenters. The molecule has 0 aliphatic heterocycles. The van der Waals surface area contributed by atoms with Gasteiger partial charge >= 0.3 is 0 Å². The Hall–Kier alpha value is -2.15. The summed E-state index contributed by atoms with van der Waals surface area (Å²) >= 11 is 0. The number of anilines is 1. The molecular weight excluding hydrogens is 181 g/mol. The van der Waals surface area contributed by atoms with Crippen LogP contribution in [0.25, 0.3) is 10.9 Å². The normalized spacial score (nSPS) is 10.0. The molecule has 2 rings (SSSR count). The van der Waals surface area contributed by atoms with Crippen molar-refractivity contribution in [2.24, 2.45) is 0 Å². The SMILES string of the molecule is N#Cc1cnc2c(F)cccc2c1N. The number of pyridine rings is 1. The molecule has 0 saturated carbocycles. The topological polar surface area (TPSA) is 62.7 Å². The van der Waals surface area contributed by atoms with Crippen LogP contribution < -0.4 is 5.73 Å². The minimum absolute atomic E-state index is 0.198. The van der Waals surface area contributed by atoms with E-state index in [9.17, 15) is 4.39 Å². The summed E-state index contributed by atoms with van der Waals surface area (Å²) in [7, 11) is 0. The minimum Gasteiger partial charge on any atom is -0.397 e. The third-order valence-corrected chi connectivity index (χ3v) is 2.01. The van der Waals surface area contributed by atoms with E-state index in [-0.39, 0.29) is 16.8 Å². The molecule has 2 N–H and O–H groups in total. The van der Waals surface area contributed by atoms with Gasteiger partial charge in [0.1, 0.15) is 17.4 Å². The smallest absolute Gasteiger partial charge is 0.149 e. The number of para-hydroxylation sites is 1. The number of benzene rings is 1. The van der Waals surface area contributed by atoms with Gasteiger partial charge in [-0.05, 0) is 6.07 Å². The maximum Gasteiger partial charge on any atom is 0.149 e. The molecule has 0 atom stereocenters. The molecule has 1 aromatic carbocycles. The van der Waals surface area contributed by atoms with E-state index in [1.165, 1.54) is 18.3 Å². The van der Waals surface area contributed by atoms with Crippen LogP contribution in [-0.2, 0) is 0 Å². The second-order valence-corrected chi connectivity index (χ2v) is 2.83. The van der Waals surface area contributed by atoms with Crippen LogP contribution in [0.2, 0.25) is 0 Å². The Morgan fingerprint density at radius 3 is 2.93 bits per heavy atom. The lowest BCUT2D eigenvalue weighted by molar-refractivity contribution is 0.637. The summed E-state index contributed by atoms with van der Waals surface area (Å²) in [5.41, 5.74) is 6.41. The van der Waals surface area contributed by atoms with Crippen molar-refractivity contribution in [3.05, 3.63) is 35.8 Å². The van der Waals surface area contributed by atoms with Crippen molar-refractivity contribution < 1.29 is 4.39 Å². The number of fused-ring (bicyclic) bond motifs is 1. The Morgan fingerprint density at radius 1 is 1.43 bits per heavy atom. The van der Waals surface area contributed by atoms with Gasteiger partial charge in [-0.2, -0.15) is 5.26 Å². The van der Waals surface area contributed by atoms with Crippen LogP contribution in [-0.4, -0.2) is 4.98 Å². The highest BCUT2D eigenvalue weighted by Crippen LogP contribution is 2.23. The van der Waals surface area contributed by atoms with E-state index in [0.717, 1.165) is 0 Å². The fourth-order valence-electron chi connectivity index (χ4n) is 1.30. The minimum atomic E-state index is -0.432. The quantitative estimate of drug-likeness (QED) is 0.684. The number of halogens is 1. The molecule has 68 valence electrons. The summed E-state index contributed by atoms with van der Waals surface area (Å²) in [4.78, 5) is 3.83. The third kappa shape index (κ3) is 1.07. The van der Waals surface area contributed by atoms with Gasteiger partial charge in [0.25, 0.3) is 0 Å². The molecule has 0 spiro atoms. The molecule has 0 amide bonds. The maximum atomic E-state index is 13.2. The largest absolute Gasteiger partial charge is 0.397 e. The second-order valence-electron chi connectivity index (χ2n) is 2.83. The molecule has 1 aromatic heterocycles. The van der Waals surface area contributed by atoms with E-state index >= 15 is 0 Å². The molecule has 2 aromatic rings. The van der Waals surface area contributed by atoms with Crippen molar-refractivity contribution in [3.63, 3.8) is 0 Å². The molecule has 0 aliphatic carbocycles. The summed E-state index contributed by atoms with van der Waals surface area (Å²) in [6.07, 6.45) is 1.28. The van der Waals surface area contributed by atoms with Gasteiger partial charge < -0.3 is 5.73 Å². The van der Waals surface area contributed by atoms with E-state index in [1.54, 1.807) is 6.07 Å². The van der Waals surface area contributed by atoms with E-state index in [1.807, 2.05) is 6.07 Å². The van der Waals surface area contributed by atoms with Gasteiger partial charge in [0.2, 0.25) is 0 Å². The first-order valence-corrected chi connectivity index (χ1v) is 3.97. The van der Waals surface area contributed by atoms with Gasteiger partial charge in [-0.25, -0.2) is 4.39 Å². The Bertz CT molecular complexity index is 543. The maximum absolute atomic E-state index is 13.2. The van der Waals surface area contributed by atoms with Crippen LogP contribution in [0.4, 0.5) is 10.1 Å². The van der Waals surface area contributed by atoms with Gasteiger partial charge in [0, 0.05) is 11.6 Å². The van der Waals surface area contributed by atoms with Crippen LogP contribution in [0.1, 0.15) is 5.56 Å². The van der Waals surface area contributed by atoms with Gasteiger partial charge in [0.15, 0.2) is 0 Å². The summed E-state index contributed by atoms with van der Waals surface area (Å²) in [5.74, 6) is -0.432. The lowest BCUT2D eigenvalue weighted by Gasteiger charge is -2.02. The molecule has 0 aliphatic rings. The molecule has 0 radical (unpaired) electrons. The molecule has 0 fully saturated rings.